The lowest BCUT2D eigenvalue weighted by atomic mass is 10.0. The number of amides is 3. The highest BCUT2D eigenvalue weighted by Gasteiger charge is 2.40. The van der Waals surface area contributed by atoms with E-state index >= 15 is 0 Å². The second-order valence-corrected chi connectivity index (χ2v) is 11.4. The molecule has 2 fully saturated rings. The highest BCUT2D eigenvalue weighted by molar-refractivity contribution is 7.81. The van der Waals surface area contributed by atoms with E-state index in [4.69, 9.17) is 14.9 Å². The molecule has 0 aromatic heterocycles. The second kappa shape index (κ2) is 15.3. The number of non-ortho nitro benzene ring substituents is 2. The number of benzene rings is 2. The Labute approximate surface area is 268 Å². The first kappa shape index (κ1) is 33.9. The van der Waals surface area contributed by atoms with E-state index in [0.717, 1.165) is 0 Å². The Morgan fingerprint density at radius 3 is 1.93 bits per heavy atom. The maximum atomic E-state index is 13.0. The van der Waals surface area contributed by atoms with E-state index in [9.17, 15) is 39.7 Å². The van der Waals surface area contributed by atoms with Gasteiger partial charge < -0.3 is 29.3 Å². The van der Waals surface area contributed by atoms with E-state index in [1.54, 1.807) is 4.90 Å². The number of ether oxygens (including phenoxy) is 2. The van der Waals surface area contributed by atoms with E-state index in [1.165, 1.54) is 58.3 Å². The number of hydrogen-bond donors (Lipinski definition) is 4. The fourth-order valence-electron chi connectivity index (χ4n) is 5.06. The molecule has 2 aliphatic rings. The van der Waals surface area contributed by atoms with Gasteiger partial charge in [-0.2, -0.15) is 12.6 Å². The van der Waals surface area contributed by atoms with Gasteiger partial charge in [-0.3, -0.25) is 35.7 Å². The molecule has 18 heteroatoms. The maximum Gasteiger partial charge on any atom is 0.414 e. The van der Waals surface area contributed by atoms with Crippen molar-refractivity contribution in [2.75, 3.05) is 32.7 Å². The average molecular weight is 660 g/mol. The van der Waals surface area contributed by atoms with Crippen LogP contribution in [0, 0.1) is 25.6 Å². The van der Waals surface area contributed by atoms with Crippen molar-refractivity contribution in [2.45, 2.75) is 43.5 Å². The summed E-state index contributed by atoms with van der Waals surface area (Å²) in [4.78, 5) is 62.9. The summed E-state index contributed by atoms with van der Waals surface area (Å²) >= 11 is 4.45. The minimum atomic E-state index is -1.18. The first-order valence-electron chi connectivity index (χ1n) is 14.2. The van der Waals surface area contributed by atoms with Crippen LogP contribution in [0.5, 0.6) is 0 Å². The zero-order valence-electron chi connectivity index (χ0n) is 24.5. The summed E-state index contributed by atoms with van der Waals surface area (Å²) in [6.07, 6.45) is -2.65. The lowest BCUT2D eigenvalue weighted by molar-refractivity contribution is -0.385. The van der Waals surface area contributed by atoms with E-state index in [-0.39, 0.29) is 80.8 Å². The molecule has 246 valence electrons. The molecular formula is C28H33N7O10S. The number of likely N-dealkylation sites (tertiary alicyclic amines) is 1. The Kier molecular flexibility index (Phi) is 11.3. The Morgan fingerprint density at radius 1 is 0.913 bits per heavy atom. The first-order valence-corrected chi connectivity index (χ1v) is 14.7. The number of rotatable bonds is 9. The fourth-order valence-corrected chi connectivity index (χ4v) is 5.45. The van der Waals surface area contributed by atoms with E-state index in [1.807, 2.05) is 0 Å². The predicted molar refractivity (Wildman–Crippen MR) is 164 cm³/mol. The standard InChI is InChI=1S/C28H33N7O10S/c29-26(30-27(38)44-16-18-1-5-20(6-2-18)34(40)41)32-11-9-31(10-12-32)25(37)14-24(36)23-13-22(46)15-33(23)28(39)45-17-19-3-7-21(8-4-19)35(42)43/h1-8,22-24,36,46H,9-17H2,(H2,29,30,38)/t22-,23-,24?/m0/s1. The number of nitrogens with zero attached hydrogens (tertiary/aromatic N) is 5. The smallest absolute Gasteiger partial charge is 0.414 e. The Balaban J connectivity index is 1.19. The van der Waals surface area contributed by atoms with Crippen LogP contribution in [0.3, 0.4) is 0 Å². The summed E-state index contributed by atoms with van der Waals surface area (Å²) in [5.74, 6) is -0.551. The number of carbonyl (C=O) groups excluding carboxylic acids is 3. The molecular weight excluding hydrogens is 626 g/mol. The average Bonchev–Trinajstić information content (AvgIpc) is 3.44. The quantitative estimate of drug-likeness (QED) is 0.100. The van der Waals surface area contributed by atoms with Gasteiger partial charge in [0.05, 0.1) is 28.4 Å². The van der Waals surface area contributed by atoms with Crippen molar-refractivity contribution in [1.29, 1.82) is 5.41 Å². The summed E-state index contributed by atoms with van der Waals surface area (Å²) in [5.41, 5.74) is 0.906. The van der Waals surface area contributed by atoms with Crippen molar-refractivity contribution in [3.8, 4) is 0 Å². The van der Waals surface area contributed by atoms with Crippen LogP contribution in [-0.2, 0) is 27.5 Å². The Bertz CT molecular complexity index is 1450. The Morgan fingerprint density at radius 2 is 1.41 bits per heavy atom. The number of carbonyl (C=O) groups is 3. The third kappa shape index (κ3) is 9.04. The minimum absolute atomic E-state index is 0.0878. The van der Waals surface area contributed by atoms with Crippen LogP contribution in [0.2, 0.25) is 0 Å². The fraction of sp³-hybridized carbons (Fsp3) is 0.429. The predicted octanol–water partition coefficient (Wildman–Crippen LogP) is 2.27. The van der Waals surface area contributed by atoms with Crippen molar-refractivity contribution in [2.24, 2.45) is 0 Å². The molecule has 3 atom stereocenters. The molecule has 3 N–H and O–H groups in total. The number of aliphatic hydroxyl groups is 1. The summed E-state index contributed by atoms with van der Waals surface area (Å²) in [7, 11) is 0. The summed E-state index contributed by atoms with van der Waals surface area (Å²) in [6, 6.07) is 10.4. The van der Waals surface area contributed by atoms with E-state index < -0.39 is 34.2 Å². The molecule has 0 bridgehead atoms. The van der Waals surface area contributed by atoms with Gasteiger partial charge in [-0.25, -0.2) is 9.59 Å². The van der Waals surface area contributed by atoms with Gasteiger partial charge >= 0.3 is 12.2 Å². The zero-order chi connectivity index (χ0) is 33.4. The summed E-state index contributed by atoms with van der Waals surface area (Å²) in [6.45, 7) is 0.882. The molecule has 46 heavy (non-hydrogen) atoms. The van der Waals surface area contributed by atoms with Crippen molar-refractivity contribution in [3.63, 3.8) is 0 Å². The van der Waals surface area contributed by atoms with Crippen LogP contribution < -0.4 is 5.32 Å². The molecule has 0 radical (unpaired) electrons. The molecule has 1 unspecified atom stereocenters. The molecule has 4 rings (SSSR count). The van der Waals surface area contributed by atoms with Crippen LogP contribution in [0.15, 0.2) is 48.5 Å². The Hall–Kier alpha value is -4.97. The van der Waals surface area contributed by atoms with E-state index in [0.29, 0.717) is 17.5 Å². The normalized spacial score (nSPS) is 18.4. The van der Waals surface area contributed by atoms with Crippen LogP contribution >= 0.6 is 12.6 Å². The molecule has 2 saturated heterocycles. The first-order chi connectivity index (χ1) is 21.9. The number of piperazine rings is 1. The molecule has 2 aromatic carbocycles. The lowest BCUT2D eigenvalue weighted by Gasteiger charge is -2.36. The summed E-state index contributed by atoms with van der Waals surface area (Å²) < 4.78 is 10.4. The molecule has 0 aliphatic carbocycles. The highest BCUT2D eigenvalue weighted by atomic mass is 32.1. The molecule has 0 saturated carbocycles. The van der Waals surface area contributed by atoms with Crippen molar-refractivity contribution in [3.05, 3.63) is 79.9 Å². The van der Waals surface area contributed by atoms with Crippen LogP contribution in [0.1, 0.15) is 24.0 Å². The van der Waals surface area contributed by atoms with Gasteiger partial charge in [0.1, 0.15) is 13.2 Å². The number of nitro groups is 2. The van der Waals surface area contributed by atoms with Gasteiger partial charge in [-0.1, -0.05) is 0 Å². The largest absolute Gasteiger partial charge is 0.445 e. The number of thiol groups is 1. The molecule has 2 heterocycles. The van der Waals surface area contributed by atoms with Crippen LogP contribution in [0.25, 0.3) is 0 Å². The number of nitro benzene ring substituents is 2. The monoisotopic (exact) mass is 659 g/mol. The van der Waals surface area contributed by atoms with Gasteiger partial charge in [0, 0.05) is 62.2 Å². The van der Waals surface area contributed by atoms with E-state index in [2.05, 4.69) is 17.9 Å². The van der Waals surface area contributed by atoms with Gasteiger partial charge in [0.2, 0.25) is 11.9 Å². The molecule has 3 amide bonds. The highest BCUT2D eigenvalue weighted by Crippen LogP contribution is 2.27. The van der Waals surface area contributed by atoms with Crippen molar-refractivity contribution < 1.29 is 38.8 Å². The third-order valence-corrected chi connectivity index (χ3v) is 7.95. The number of hydrogen-bond acceptors (Lipinski definition) is 12. The maximum absolute atomic E-state index is 13.0. The van der Waals surface area contributed by atoms with Gasteiger partial charge in [0.15, 0.2) is 0 Å². The second-order valence-electron chi connectivity index (χ2n) is 10.7. The van der Waals surface area contributed by atoms with Gasteiger partial charge in [-0.05, 0) is 41.8 Å². The molecule has 0 spiro atoms. The van der Waals surface area contributed by atoms with Crippen LogP contribution in [-0.4, -0.2) is 104 Å². The van der Waals surface area contributed by atoms with Crippen molar-refractivity contribution in [1.82, 2.24) is 20.0 Å². The lowest BCUT2D eigenvalue weighted by Crippen LogP contribution is -2.55. The number of guanidine groups is 1. The number of alkyl carbamates (subject to hydrolysis) is 1. The number of nitrogens with one attached hydrogen (secondary N) is 2. The minimum Gasteiger partial charge on any atom is -0.445 e. The third-order valence-electron chi connectivity index (χ3n) is 7.58. The SMILES string of the molecule is N=C(NC(=O)OCc1ccc([N+](=O)[O-])cc1)N1CCN(C(=O)CC(O)[C@@H]2C[C@H](S)CN2C(=O)OCc2ccc([N+](=O)[O-])cc2)CC1. The van der Waals surface area contributed by atoms with Crippen molar-refractivity contribution >= 4 is 48.1 Å². The zero-order valence-corrected chi connectivity index (χ0v) is 25.4. The van der Waals surface area contributed by atoms with Gasteiger partial charge in [-0.15, -0.1) is 0 Å². The van der Waals surface area contributed by atoms with Gasteiger partial charge in [0.25, 0.3) is 11.4 Å². The van der Waals surface area contributed by atoms with Crippen LogP contribution in [0.4, 0.5) is 21.0 Å². The topological polar surface area (TPSA) is 222 Å². The number of aliphatic hydroxyl groups excluding tert-OH is 1. The molecule has 2 aliphatic heterocycles. The molecule has 17 nitrogen and oxygen atoms in total. The molecule has 2 aromatic rings. The summed E-state index contributed by atoms with van der Waals surface area (Å²) in [5, 5.41) is 42.8.